The molecular formula is C14H13ClN2O2S. The van der Waals surface area contributed by atoms with E-state index in [0.29, 0.717) is 15.6 Å². The van der Waals surface area contributed by atoms with Crippen LogP contribution in [0.4, 0.5) is 0 Å². The Bertz CT molecular complexity index is 652. The van der Waals surface area contributed by atoms with E-state index in [1.807, 2.05) is 19.1 Å². The molecule has 0 unspecified atom stereocenters. The van der Waals surface area contributed by atoms with Gasteiger partial charge in [0, 0.05) is 4.88 Å². The molecule has 2 aromatic rings. The Hall–Kier alpha value is -1.85. The van der Waals surface area contributed by atoms with Crippen LogP contribution in [0.25, 0.3) is 0 Å². The molecule has 0 radical (unpaired) electrons. The van der Waals surface area contributed by atoms with Crippen LogP contribution in [-0.4, -0.2) is 19.2 Å². The molecule has 1 N–H and O–H groups in total. The quantitative estimate of drug-likeness (QED) is 0.694. The van der Waals surface area contributed by atoms with Crippen molar-refractivity contribution < 1.29 is 9.53 Å². The Morgan fingerprint density at radius 2 is 2.20 bits per heavy atom. The summed E-state index contributed by atoms with van der Waals surface area (Å²) in [6.45, 7) is 1.93. The van der Waals surface area contributed by atoms with Crippen molar-refractivity contribution in [2.24, 2.45) is 5.10 Å². The van der Waals surface area contributed by atoms with Crippen LogP contribution in [0.2, 0.25) is 4.34 Å². The van der Waals surface area contributed by atoms with E-state index in [9.17, 15) is 4.79 Å². The highest BCUT2D eigenvalue weighted by Crippen LogP contribution is 2.20. The van der Waals surface area contributed by atoms with Crippen molar-refractivity contribution in [3.8, 4) is 5.75 Å². The number of aryl methyl sites for hydroxylation is 1. The minimum Gasteiger partial charge on any atom is -0.496 e. The number of nitrogens with one attached hydrogen (secondary N) is 1. The molecule has 4 nitrogen and oxygen atoms in total. The lowest BCUT2D eigenvalue weighted by molar-refractivity contribution is 0.0952. The van der Waals surface area contributed by atoms with Crippen LogP contribution in [0.3, 0.4) is 0 Å². The van der Waals surface area contributed by atoms with E-state index in [0.717, 1.165) is 10.4 Å². The van der Waals surface area contributed by atoms with Crippen LogP contribution in [0.15, 0.2) is 35.4 Å². The summed E-state index contributed by atoms with van der Waals surface area (Å²) < 4.78 is 5.87. The highest BCUT2D eigenvalue weighted by atomic mass is 35.5. The third-order valence-corrected chi connectivity index (χ3v) is 3.72. The summed E-state index contributed by atoms with van der Waals surface area (Å²) in [5, 5.41) is 3.90. The second-order valence-corrected chi connectivity index (χ2v) is 5.79. The molecule has 0 bridgehead atoms. The summed E-state index contributed by atoms with van der Waals surface area (Å²) >= 11 is 7.19. The average molecular weight is 309 g/mol. The van der Waals surface area contributed by atoms with Crippen molar-refractivity contribution in [3.05, 3.63) is 50.7 Å². The van der Waals surface area contributed by atoms with Crippen LogP contribution in [0.5, 0.6) is 5.75 Å². The zero-order valence-electron chi connectivity index (χ0n) is 11.0. The van der Waals surface area contributed by atoms with Gasteiger partial charge in [0.2, 0.25) is 0 Å². The fraction of sp³-hybridized carbons (Fsp3) is 0.143. The van der Waals surface area contributed by atoms with Crippen LogP contribution in [0.1, 0.15) is 20.8 Å². The van der Waals surface area contributed by atoms with Crippen molar-refractivity contribution in [2.45, 2.75) is 6.92 Å². The van der Waals surface area contributed by atoms with Gasteiger partial charge < -0.3 is 4.74 Å². The first-order valence-electron chi connectivity index (χ1n) is 5.83. The normalized spacial score (nSPS) is 10.8. The van der Waals surface area contributed by atoms with Crippen molar-refractivity contribution in [2.75, 3.05) is 7.11 Å². The minimum absolute atomic E-state index is 0.319. The number of benzene rings is 1. The largest absolute Gasteiger partial charge is 0.496 e. The maximum Gasteiger partial charge on any atom is 0.275 e. The fourth-order valence-corrected chi connectivity index (χ4v) is 2.53. The zero-order chi connectivity index (χ0) is 14.5. The van der Waals surface area contributed by atoms with Crippen LogP contribution in [0, 0.1) is 6.92 Å². The number of thiophene rings is 1. The summed E-state index contributed by atoms with van der Waals surface area (Å²) in [5.74, 6) is 0.206. The molecule has 1 amide bonds. The van der Waals surface area contributed by atoms with E-state index in [1.165, 1.54) is 18.4 Å². The first-order valence-corrected chi connectivity index (χ1v) is 7.03. The van der Waals surface area contributed by atoms with Gasteiger partial charge in [0.25, 0.3) is 5.91 Å². The highest BCUT2D eigenvalue weighted by Gasteiger charge is 2.11. The molecule has 0 fully saturated rings. The lowest BCUT2D eigenvalue weighted by Crippen LogP contribution is -2.18. The van der Waals surface area contributed by atoms with Crippen LogP contribution < -0.4 is 10.2 Å². The predicted octanol–water partition coefficient (Wildman–Crippen LogP) is 3.48. The van der Waals surface area contributed by atoms with Crippen molar-refractivity contribution in [1.29, 1.82) is 0 Å². The molecule has 0 aliphatic carbocycles. The van der Waals surface area contributed by atoms with Gasteiger partial charge in [-0.05, 0) is 36.8 Å². The number of carbonyl (C=O) groups is 1. The molecule has 0 saturated heterocycles. The number of ether oxygens (including phenoxy) is 1. The molecule has 6 heteroatoms. The van der Waals surface area contributed by atoms with E-state index in [4.69, 9.17) is 16.3 Å². The van der Waals surface area contributed by atoms with E-state index in [2.05, 4.69) is 10.5 Å². The van der Waals surface area contributed by atoms with Gasteiger partial charge in [-0.15, -0.1) is 11.3 Å². The minimum atomic E-state index is -0.319. The van der Waals surface area contributed by atoms with Gasteiger partial charge in [-0.3, -0.25) is 4.79 Å². The Morgan fingerprint density at radius 3 is 2.85 bits per heavy atom. The molecule has 0 aliphatic heterocycles. The number of hydrogen-bond donors (Lipinski definition) is 1. The fourth-order valence-electron chi connectivity index (χ4n) is 1.60. The SMILES string of the molecule is COc1cc(C)ccc1C(=O)N/N=C\c1ccc(Cl)s1. The lowest BCUT2D eigenvalue weighted by atomic mass is 10.1. The molecular weight excluding hydrogens is 296 g/mol. The molecule has 1 heterocycles. The average Bonchev–Trinajstić information content (AvgIpc) is 2.84. The van der Waals surface area contributed by atoms with E-state index in [1.54, 1.807) is 24.4 Å². The monoisotopic (exact) mass is 308 g/mol. The molecule has 20 heavy (non-hydrogen) atoms. The summed E-state index contributed by atoms with van der Waals surface area (Å²) in [5.41, 5.74) is 3.93. The van der Waals surface area contributed by atoms with Crippen molar-refractivity contribution in [1.82, 2.24) is 5.43 Å². The molecule has 1 aromatic heterocycles. The number of amides is 1. The summed E-state index contributed by atoms with van der Waals surface area (Å²) in [6.07, 6.45) is 1.55. The van der Waals surface area contributed by atoms with E-state index < -0.39 is 0 Å². The van der Waals surface area contributed by atoms with Gasteiger partial charge in [0.15, 0.2) is 0 Å². The van der Waals surface area contributed by atoms with E-state index >= 15 is 0 Å². The molecule has 0 spiro atoms. The highest BCUT2D eigenvalue weighted by molar-refractivity contribution is 7.17. The van der Waals surface area contributed by atoms with Gasteiger partial charge in [0.05, 0.1) is 23.2 Å². The molecule has 2 rings (SSSR count). The number of methoxy groups -OCH3 is 1. The van der Waals surface area contributed by atoms with Gasteiger partial charge >= 0.3 is 0 Å². The molecule has 0 aliphatic rings. The molecule has 104 valence electrons. The first kappa shape index (κ1) is 14.6. The van der Waals surface area contributed by atoms with E-state index in [-0.39, 0.29) is 5.91 Å². The molecule has 0 atom stereocenters. The maximum absolute atomic E-state index is 12.0. The van der Waals surface area contributed by atoms with Gasteiger partial charge in [-0.2, -0.15) is 5.10 Å². The Labute approximate surface area is 126 Å². The summed E-state index contributed by atoms with van der Waals surface area (Å²) in [6, 6.07) is 8.96. The van der Waals surface area contributed by atoms with Gasteiger partial charge in [-0.25, -0.2) is 5.43 Å². The Kier molecular flexibility index (Phi) is 4.76. The van der Waals surface area contributed by atoms with Crippen molar-refractivity contribution in [3.63, 3.8) is 0 Å². The smallest absolute Gasteiger partial charge is 0.275 e. The Balaban J connectivity index is 2.07. The Morgan fingerprint density at radius 1 is 1.40 bits per heavy atom. The van der Waals surface area contributed by atoms with Gasteiger partial charge in [0.1, 0.15) is 5.75 Å². The lowest BCUT2D eigenvalue weighted by Gasteiger charge is -2.07. The van der Waals surface area contributed by atoms with Crippen molar-refractivity contribution >= 4 is 35.1 Å². The zero-order valence-corrected chi connectivity index (χ0v) is 12.6. The predicted molar refractivity (Wildman–Crippen MR) is 82.1 cm³/mol. The summed E-state index contributed by atoms with van der Waals surface area (Å²) in [4.78, 5) is 12.9. The first-order chi connectivity index (χ1) is 9.60. The molecule has 0 saturated carbocycles. The standard InChI is InChI=1S/C14H13ClN2O2S/c1-9-3-5-11(12(7-9)19-2)14(18)17-16-8-10-4-6-13(15)20-10/h3-8H,1-2H3,(H,17,18)/b16-8-. The topological polar surface area (TPSA) is 50.7 Å². The van der Waals surface area contributed by atoms with Crippen LogP contribution >= 0.6 is 22.9 Å². The van der Waals surface area contributed by atoms with Crippen LogP contribution in [-0.2, 0) is 0 Å². The number of hydrazone groups is 1. The maximum atomic E-state index is 12.0. The number of hydrogen-bond acceptors (Lipinski definition) is 4. The molecule has 1 aromatic carbocycles. The second kappa shape index (κ2) is 6.54. The number of halogens is 1. The summed E-state index contributed by atoms with van der Waals surface area (Å²) in [7, 11) is 1.53. The third-order valence-electron chi connectivity index (χ3n) is 2.55. The number of rotatable bonds is 4. The second-order valence-electron chi connectivity index (χ2n) is 4.04. The van der Waals surface area contributed by atoms with Gasteiger partial charge in [-0.1, -0.05) is 17.7 Å². The number of nitrogens with zero attached hydrogens (tertiary/aromatic N) is 1. The third kappa shape index (κ3) is 3.59. The number of carbonyl (C=O) groups excluding carboxylic acids is 1.